The summed E-state index contributed by atoms with van der Waals surface area (Å²) in [6, 6.07) is 19.5. The van der Waals surface area contributed by atoms with Gasteiger partial charge in [-0.25, -0.2) is 0 Å². The highest BCUT2D eigenvalue weighted by atomic mass is 32.4. The molecule has 1 unspecified atom stereocenters. The molecule has 116 valence electrons. The SMILES string of the molecule is CC(C)(C)[P+](=S)CCP(=S)(c1ccccc1)c1ccccc1. The molecule has 0 amide bonds. The minimum atomic E-state index is -1.76. The van der Waals surface area contributed by atoms with E-state index >= 15 is 0 Å². The van der Waals surface area contributed by atoms with Crippen molar-refractivity contribution in [1.29, 1.82) is 0 Å². The van der Waals surface area contributed by atoms with Crippen molar-refractivity contribution in [2.24, 2.45) is 0 Å². The zero-order chi connectivity index (χ0) is 16.2. The topological polar surface area (TPSA) is 0 Å². The van der Waals surface area contributed by atoms with Gasteiger partial charge in [-0.2, -0.15) is 0 Å². The van der Waals surface area contributed by atoms with Crippen LogP contribution in [0.5, 0.6) is 0 Å². The Morgan fingerprint density at radius 2 is 1.27 bits per heavy atom. The summed E-state index contributed by atoms with van der Waals surface area (Å²) in [5.41, 5.74) is 0. The molecule has 0 aromatic heterocycles. The van der Waals surface area contributed by atoms with E-state index in [2.05, 4.69) is 81.4 Å². The van der Waals surface area contributed by atoms with Gasteiger partial charge in [0.2, 0.25) is 0 Å². The number of hydrogen-bond donors (Lipinski definition) is 0. The molecule has 0 nitrogen and oxygen atoms in total. The maximum atomic E-state index is 6.25. The first-order valence-electron chi connectivity index (χ1n) is 7.49. The van der Waals surface area contributed by atoms with Crippen molar-refractivity contribution in [3.8, 4) is 0 Å². The molecule has 22 heavy (non-hydrogen) atoms. The van der Waals surface area contributed by atoms with Gasteiger partial charge in [0.25, 0.3) is 0 Å². The molecule has 0 fully saturated rings. The molecule has 2 aromatic carbocycles. The van der Waals surface area contributed by atoms with Crippen molar-refractivity contribution in [2.45, 2.75) is 25.9 Å². The monoisotopic (exact) mass is 365 g/mol. The third kappa shape index (κ3) is 4.33. The Kier molecular flexibility index (Phi) is 6.08. The predicted octanol–water partition coefficient (Wildman–Crippen LogP) is 4.86. The van der Waals surface area contributed by atoms with Crippen molar-refractivity contribution in [3.05, 3.63) is 60.7 Å². The summed E-state index contributed by atoms with van der Waals surface area (Å²) >= 11 is 12.0. The molecule has 0 aliphatic heterocycles. The van der Waals surface area contributed by atoms with E-state index in [9.17, 15) is 0 Å². The summed E-state index contributed by atoms with van der Waals surface area (Å²) in [5, 5.41) is 2.84. The molecule has 2 rings (SSSR count). The fourth-order valence-corrected chi connectivity index (χ4v) is 9.16. The third-order valence-electron chi connectivity index (χ3n) is 3.71. The summed E-state index contributed by atoms with van der Waals surface area (Å²) in [7, 11) is 0. The minimum Gasteiger partial charge on any atom is -0.0874 e. The Labute approximate surface area is 145 Å². The van der Waals surface area contributed by atoms with Crippen LogP contribution in [0.1, 0.15) is 20.8 Å². The lowest BCUT2D eigenvalue weighted by Gasteiger charge is -2.22. The van der Waals surface area contributed by atoms with Gasteiger partial charge in [0, 0.05) is 12.2 Å². The standard InChI is InChI=1S/C18H23P2S2/c1-18(2,3)19(21)14-15-20(22,16-10-6-4-7-11-16)17-12-8-5-9-13-17/h4-13H,14-15H2,1-3H3/q+1. The maximum Gasteiger partial charge on any atom is 0.180 e. The van der Waals surface area contributed by atoms with E-state index in [0.29, 0.717) is 0 Å². The van der Waals surface area contributed by atoms with Crippen LogP contribution in [-0.2, 0) is 23.6 Å². The summed E-state index contributed by atoms with van der Waals surface area (Å²) in [6.45, 7) is 6.33. The zero-order valence-electron chi connectivity index (χ0n) is 13.4. The Balaban J connectivity index is 2.36. The second kappa shape index (κ2) is 7.45. The van der Waals surface area contributed by atoms with Crippen LogP contribution in [-0.4, -0.2) is 17.5 Å². The van der Waals surface area contributed by atoms with E-state index in [0.717, 1.165) is 12.3 Å². The summed E-state index contributed by atoms with van der Waals surface area (Å²) < 4.78 is 0. The van der Waals surface area contributed by atoms with Gasteiger partial charge in [0.05, 0.1) is 0 Å². The summed E-state index contributed by atoms with van der Waals surface area (Å²) in [6.07, 6.45) is 2.10. The number of rotatable bonds is 5. The molecule has 0 N–H and O–H groups in total. The lowest BCUT2D eigenvalue weighted by Crippen LogP contribution is -2.20. The minimum absolute atomic E-state index is 0.220. The van der Waals surface area contributed by atoms with E-state index in [1.54, 1.807) is 0 Å². The largest absolute Gasteiger partial charge is 0.180 e. The van der Waals surface area contributed by atoms with Crippen molar-refractivity contribution in [3.63, 3.8) is 0 Å². The van der Waals surface area contributed by atoms with Gasteiger partial charge in [0.15, 0.2) is 18.5 Å². The van der Waals surface area contributed by atoms with Crippen LogP contribution < -0.4 is 10.6 Å². The molecule has 0 radical (unpaired) electrons. The fourth-order valence-electron chi connectivity index (χ4n) is 2.31. The van der Waals surface area contributed by atoms with Crippen LogP contribution in [0, 0.1) is 0 Å². The van der Waals surface area contributed by atoms with Gasteiger partial charge < -0.3 is 0 Å². The molecular formula is C18H23P2S2+. The van der Waals surface area contributed by atoms with E-state index in [1.165, 1.54) is 10.6 Å². The average molecular weight is 365 g/mol. The van der Waals surface area contributed by atoms with Crippen LogP contribution in [0.2, 0.25) is 0 Å². The van der Waals surface area contributed by atoms with Gasteiger partial charge >= 0.3 is 0 Å². The Morgan fingerprint density at radius 3 is 1.64 bits per heavy atom. The maximum absolute atomic E-state index is 6.25. The van der Waals surface area contributed by atoms with Crippen molar-refractivity contribution in [1.82, 2.24) is 0 Å². The van der Waals surface area contributed by atoms with E-state index in [4.69, 9.17) is 23.6 Å². The van der Waals surface area contributed by atoms with Crippen LogP contribution in [0.15, 0.2) is 60.7 Å². The van der Waals surface area contributed by atoms with Gasteiger partial charge in [-0.05, 0) is 31.4 Å². The quantitative estimate of drug-likeness (QED) is 0.694. The van der Waals surface area contributed by atoms with Crippen molar-refractivity contribution < 1.29 is 0 Å². The lowest BCUT2D eigenvalue weighted by atomic mass is 10.3. The summed E-state index contributed by atoms with van der Waals surface area (Å²) in [5.74, 6) is 0. The highest BCUT2D eigenvalue weighted by Crippen LogP contribution is 2.48. The van der Waals surface area contributed by atoms with Gasteiger partial charge in [-0.1, -0.05) is 72.5 Å². The first-order valence-corrected chi connectivity index (χ1v) is 13.0. The highest BCUT2D eigenvalue weighted by molar-refractivity contribution is 8.22. The molecule has 0 saturated heterocycles. The molecule has 0 bridgehead atoms. The second-order valence-corrected chi connectivity index (χ2v) is 15.1. The first kappa shape index (κ1) is 18.0. The van der Waals surface area contributed by atoms with Crippen LogP contribution in [0.25, 0.3) is 0 Å². The molecule has 0 heterocycles. The van der Waals surface area contributed by atoms with Gasteiger partial charge in [-0.15, -0.1) is 0 Å². The molecule has 4 heteroatoms. The Hall–Kier alpha value is -0.390. The van der Waals surface area contributed by atoms with E-state index in [1.807, 2.05) is 0 Å². The lowest BCUT2D eigenvalue weighted by molar-refractivity contribution is 0.792. The van der Waals surface area contributed by atoms with E-state index < -0.39 is 12.7 Å². The van der Waals surface area contributed by atoms with Gasteiger partial charge in [-0.3, -0.25) is 0 Å². The van der Waals surface area contributed by atoms with Crippen LogP contribution >= 0.6 is 12.7 Å². The molecule has 1 atom stereocenters. The normalized spacial score (nSPS) is 13.0. The average Bonchev–Trinajstić information content (AvgIpc) is 2.53. The molecule has 0 spiro atoms. The smallest absolute Gasteiger partial charge is 0.0874 e. The highest BCUT2D eigenvalue weighted by Gasteiger charge is 2.32. The Bertz CT molecular complexity index is 630. The first-order chi connectivity index (χ1) is 10.3. The van der Waals surface area contributed by atoms with E-state index in [-0.39, 0.29) is 5.16 Å². The number of benzene rings is 2. The molecule has 2 aromatic rings. The predicted molar refractivity (Wildman–Crippen MR) is 110 cm³/mol. The molecule has 0 aliphatic carbocycles. The molecule has 0 aliphatic rings. The van der Waals surface area contributed by atoms with Crippen LogP contribution in [0.4, 0.5) is 0 Å². The molecule has 0 saturated carbocycles. The summed E-state index contributed by atoms with van der Waals surface area (Å²) in [4.78, 5) is 0. The number of hydrogen-bond acceptors (Lipinski definition) is 2. The van der Waals surface area contributed by atoms with Gasteiger partial charge in [0.1, 0.15) is 11.3 Å². The van der Waals surface area contributed by atoms with Crippen molar-refractivity contribution >= 4 is 47.0 Å². The molecular weight excluding hydrogens is 342 g/mol. The zero-order valence-corrected chi connectivity index (χ0v) is 16.8. The second-order valence-electron chi connectivity index (χ2n) is 6.41. The fraction of sp³-hybridized carbons (Fsp3) is 0.333. The van der Waals surface area contributed by atoms with Crippen molar-refractivity contribution in [2.75, 3.05) is 12.3 Å². The Morgan fingerprint density at radius 1 is 0.864 bits per heavy atom. The third-order valence-corrected chi connectivity index (χ3v) is 13.3. The van der Waals surface area contributed by atoms with Crippen LogP contribution in [0.3, 0.4) is 0 Å².